The van der Waals surface area contributed by atoms with Gasteiger partial charge in [-0.3, -0.25) is 4.79 Å². The number of carbonyl (C=O) groups is 1. The van der Waals surface area contributed by atoms with Gasteiger partial charge in [0.15, 0.2) is 0 Å². The molecule has 1 aromatic rings. The average Bonchev–Trinajstić information content (AvgIpc) is 2.77. The maximum Gasteiger partial charge on any atom is 0.223 e. The van der Waals surface area contributed by atoms with E-state index in [0.29, 0.717) is 0 Å². The Balaban J connectivity index is 1.99. The number of methoxy groups -OCH3 is 1. The van der Waals surface area contributed by atoms with Gasteiger partial charge in [0.1, 0.15) is 0 Å². The number of nitrogens with one attached hydrogen (secondary N) is 1. The van der Waals surface area contributed by atoms with Crippen LogP contribution in [0.1, 0.15) is 18.9 Å². The van der Waals surface area contributed by atoms with Crippen LogP contribution in [-0.4, -0.2) is 32.7 Å². The van der Waals surface area contributed by atoms with Crippen LogP contribution in [0.4, 0.5) is 11.4 Å². The van der Waals surface area contributed by atoms with Crippen molar-refractivity contribution in [1.82, 2.24) is 0 Å². The third-order valence-corrected chi connectivity index (χ3v) is 3.21. The van der Waals surface area contributed by atoms with Crippen molar-refractivity contribution in [2.45, 2.75) is 19.8 Å². The number of fused-ring (bicyclic) bond motifs is 1. The predicted octanol–water partition coefficient (Wildman–Crippen LogP) is 2.04. The van der Waals surface area contributed by atoms with Crippen molar-refractivity contribution in [3.05, 3.63) is 23.8 Å². The van der Waals surface area contributed by atoms with Crippen molar-refractivity contribution in [3.8, 4) is 0 Å². The van der Waals surface area contributed by atoms with Gasteiger partial charge in [0, 0.05) is 45.1 Å². The fourth-order valence-electron chi connectivity index (χ4n) is 2.29. The molecule has 0 fully saturated rings. The summed E-state index contributed by atoms with van der Waals surface area (Å²) in [6.07, 6.45) is 1.94. The average molecular weight is 248 g/mol. The summed E-state index contributed by atoms with van der Waals surface area (Å²) in [5.74, 6) is 0.120. The summed E-state index contributed by atoms with van der Waals surface area (Å²) >= 11 is 0. The Kier molecular flexibility index (Phi) is 4.20. The fourth-order valence-corrected chi connectivity index (χ4v) is 2.29. The van der Waals surface area contributed by atoms with E-state index < -0.39 is 0 Å². The highest BCUT2D eigenvalue weighted by Gasteiger charge is 2.21. The largest absolute Gasteiger partial charge is 0.385 e. The number of hydrogen-bond acceptors (Lipinski definition) is 3. The van der Waals surface area contributed by atoms with Crippen LogP contribution in [-0.2, 0) is 16.0 Å². The third-order valence-electron chi connectivity index (χ3n) is 3.21. The van der Waals surface area contributed by atoms with Crippen LogP contribution in [0, 0.1) is 0 Å². The van der Waals surface area contributed by atoms with Crippen molar-refractivity contribution in [2.24, 2.45) is 0 Å². The molecule has 0 saturated carbocycles. The first-order valence-corrected chi connectivity index (χ1v) is 6.36. The maximum atomic E-state index is 11.4. The molecule has 1 N–H and O–H groups in total. The van der Waals surface area contributed by atoms with Gasteiger partial charge >= 0.3 is 0 Å². The number of anilines is 2. The molecule has 0 unspecified atom stereocenters. The fraction of sp³-hybridized carbons (Fsp3) is 0.500. The van der Waals surface area contributed by atoms with E-state index in [9.17, 15) is 4.79 Å². The van der Waals surface area contributed by atoms with Crippen molar-refractivity contribution in [1.29, 1.82) is 0 Å². The molecule has 0 radical (unpaired) electrons. The van der Waals surface area contributed by atoms with Gasteiger partial charge in [-0.25, -0.2) is 0 Å². The number of hydrogen-bond donors (Lipinski definition) is 1. The zero-order chi connectivity index (χ0) is 13.0. The van der Waals surface area contributed by atoms with Gasteiger partial charge in [-0.2, -0.15) is 0 Å². The number of ether oxygens (including phenoxy) is 1. The molecule has 1 aliphatic rings. The lowest BCUT2D eigenvalue weighted by atomic mass is 10.1. The standard InChI is InChI=1S/C14H20N2O2/c1-11(17)16-8-6-12-10-13(4-5-14(12)16)15-7-3-9-18-2/h4-5,10,15H,3,6-9H2,1-2H3. The first-order valence-electron chi connectivity index (χ1n) is 6.36. The van der Waals surface area contributed by atoms with E-state index in [1.54, 1.807) is 14.0 Å². The van der Waals surface area contributed by atoms with Gasteiger partial charge in [-0.05, 0) is 36.6 Å². The summed E-state index contributed by atoms with van der Waals surface area (Å²) in [4.78, 5) is 13.3. The molecule has 0 spiro atoms. The molecule has 1 aromatic carbocycles. The van der Waals surface area contributed by atoms with Crippen molar-refractivity contribution in [3.63, 3.8) is 0 Å². The normalized spacial score (nSPS) is 13.6. The van der Waals surface area contributed by atoms with Gasteiger partial charge in [0.2, 0.25) is 5.91 Å². The summed E-state index contributed by atoms with van der Waals surface area (Å²) in [6, 6.07) is 6.21. The monoisotopic (exact) mass is 248 g/mol. The van der Waals surface area contributed by atoms with Gasteiger partial charge in [0.25, 0.3) is 0 Å². The number of amides is 1. The summed E-state index contributed by atoms with van der Waals surface area (Å²) < 4.78 is 5.01. The highest BCUT2D eigenvalue weighted by molar-refractivity contribution is 5.94. The topological polar surface area (TPSA) is 41.6 Å². The van der Waals surface area contributed by atoms with Gasteiger partial charge in [0.05, 0.1) is 0 Å². The van der Waals surface area contributed by atoms with E-state index in [1.165, 1.54) is 5.56 Å². The van der Waals surface area contributed by atoms with E-state index in [-0.39, 0.29) is 5.91 Å². The predicted molar refractivity (Wildman–Crippen MR) is 73.2 cm³/mol. The molecule has 0 aliphatic carbocycles. The molecule has 4 nitrogen and oxygen atoms in total. The summed E-state index contributed by atoms with van der Waals surface area (Å²) in [5, 5.41) is 3.37. The first-order chi connectivity index (χ1) is 8.72. The van der Waals surface area contributed by atoms with Gasteiger partial charge in [-0.1, -0.05) is 0 Å². The molecule has 98 valence electrons. The van der Waals surface area contributed by atoms with Crippen LogP contribution >= 0.6 is 0 Å². The third kappa shape index (κ3) is 2.82. The van der Waals surface area contributed by atoms with Crippen LogP contribution in [0.25, 0.3) is 0 Å². The van der Waals surface area contributed by atoms with Crippen molar-refractivity contribution < 1.29 is 9.53 Å². The van der Waals surface area contributed by atoms with E-state index in [1.807, 2.05) is 17.0 Å². The van der Waals surface area contributed by atoms with E-state index in [0.717, 1.165) is 43.9 Å². The van der Waals surface area contributed by atoms with E-state index in [2.05, 4.69) is 11.4 Å². The van der Waals surface area contributed by atoms with Crippen molar-refractivity contribution in [2.75, 3.05) is 37.0 Å². The second-order valence-electron chi connectivity index (χ2n) is 4.54. The van der Waals surface area contributed by atoms with E-state index in [4.69, 9.17) is 4.74 Å². The quantitative estimate of drug-likeness (QED) is 0.811. The van der Waals surface area contributed by atoms with Crippen molar-refractivity contribution >= 4 is 17.3 Å². The minimum absolute atomic E-state index is 0.120. The molecule has 1 amide bonds. The molecular formula is C14H20N2O2. The summed E-state index contributed by atoms with van der Waals surface area (Å²) in [6.45, 7) is 4.10. The zero-order valence-corrected chi connectivity index (χ0v) is 11.0. The summed E-state index contributed by atoms with van der Waals surface area (Å²) in [7, 11) is 1.71. The molecule has 0 bridgehead atoms. The van der Waals surface area contributed by atoms with Gasteiger partial charge < -0.3 is 15.0 Å². The molecule has 0 saturated heterocycles. The zero-order valence-electron chi connectivity index (χ0n) is 11.0. The SMILES string of the molecule is COCCCNc1ccc2c(c1)CCN2C(C)=O. The van der Waals surface area contributed by atoms with Crippen LogP contribution in [0.15, 0.2) is 18.2 Å². The minimum atomic E-state index is 0.120. The molecule has 0 aromatic heterocycles. The van der Waals surface area contributed by atoms with Crippen LogP contribution in [0.5, 0.6) is 0 Å². The Labute approximate surface area is 108 Å². The lowest BCUT2D eigenvalue weighted by Gasteiger charge is -2.15. The Hall–Kier alpha value is -1.55. The van der Waals surface area contributed by atoms with Crippen LogP contribution in [0.2, 0.25) is 0 Å². The smallest absolute Gasteiger partial charge is 0.223 e. The molecule has 0 atom stereocenters. The van der Waals surface area contributed by atoms with Crippen LogP contribution in [0.3, 0.4) is 0 Å². The number of nitrogens with zero attached hydrogens (tertiary/aromatic N) is 1. The summed E-state index contributed by atoms with van der Waals surface area (Å²) in [5.41, 5.74) is 3.43. The lowest BCUT2D eigenvalue weighted by Crippen LogP contribution is -2.25. The molecule has 1 heterocycles. The lowest BCUT2D eigenvalue weighted by molar-refractivity contribution is -0.116. The van der Waals surface area contributed by atoms with Crippen LogP contribution < -0.4 is 10.2 Å². The van der Waals surface area contributed by atoms with Gasteiger partial charge in [-0.15, -0.1) is 0 Å². The number of rotatable bonds is 5. The maximum absolute atomic E-state index is 11.4. The second kappa shape index (κ2) is 5.87. The second-order valence-corrected chi connectivity index (χ2v) is 4.54. The molecule has 4 heteroatoms. The molecule has 2 rings (SSSR count). The first kappa shape index (κ1) is 12.9. The Bertz CT molecular complexity index is 432. The van der Waals surface area contributed by atoms with E-state index >= 15 is 0 Å². The molecule has 18 heavy (non-hydrogen) atoms. The number of benzene rings is 1. The Morgan fingerprint density at radius 2 is 2.33 bits per heavy atom. The Morgan fingerprint density at radius 3 is 3.06 bits per heavy atom. The Morgan fingerprint density at radius 1 is 1.50 bits per heavy atom. The number of carbonyl (C=O) groups excluding carboxylic acids is 1. The molecule has 1 aliphatic heterocycles. The highest BCUT2D eigenvalue weighted by atomic mass is 16.5. The molecular weight excluding hydrogens is 228 g/mol. The minimum Gasteiger partial charge on any atom is -0.385 e. The highest BCUT2D eigenvalue weighted by Crippen LogP contribution is 2.30.